The summed E-state index contributed by atoms with van der Waals surface area (Å²) in [6, 6.07) is 4.03. The molecule has 1 aromatic rings. The highest BCUT2D eigenvalue weighted by atomic mass is 35.5. The number of anilines is 1. The Morgan fingerprint density at radius 1 is 1.57 bits per heavy atom. The highest BCUT2D eigenvalue weighted by molar-refractivity contribution is 6.33. The first kappa shape index (κ1) is 10.7. The van der Waals surface area contributed by atoms with Crippen LogP contribution < -0.4 is 10.6 Å². The Hall–Kier alpha value is -1.42. The molecule has 3 N–H and O–H groups in total. The summed E-state index contributed by atoms with van der Waals surface area (Å²) < 4.78 is 0. The number of aromatic hydroxyl groups is 1. The van der Waals surface area contributed by atoms with Crippen molar-refractivity contribution < 1.29 is 9.90 Å². The molecule has 0 radical (unpaired) electrons. The van der Waals surface area contributed by atoms with Crippen LogP contribution in [0.2, 0.25) is 5.02 Å². The number of urea groups is 1. The standard InChI is InChI=1S/C9H11ClN2O2/c1-2-11-9(14)12-8-4-3-6(13)5-7(8)10/h3-5,13H,2H2,1H3,(H2,11,12,14). The molecule has 1 aromatic carbocycles. The molecule has 0 aromatic heterocycles. The molecule has 76 valence electrons. The van der Waals surface area contributed by atoms with Crippen LogP contribution in [0.4, 0.5) is 10.5 Å². The van der Waals surface area contributed by atoms with Gasteiger partial charge in [0.25, 0.3) is 0 Å². The zero-order valence-corrected chi connectivity index (χ0v) is 8.43. The number of hydrogen-bond donors (Lipinski definition) is 3. The Kier molecular flexibility index (Phi) is 3.59. The van der Waals surface area contributed by atoms with Crippen molar-refractivity contribution in [1.29, 1.82) is 0 Å². The Labute approximate surface area is 86.9 Å². The van der Waals surface area contributed by atoms with Gasteiger partial charge in [0, 0.05) is 12.6 Å². The Morgan fingerprint density at radius 2 is 2.29 bits per heavy atom. The Bertz CT molecular complexity index is 342. The van der Waals surface area contributed by atoms with E-state index in [1.54, 1.807) is 0 Å². The molecule has 4 nitrogen and oxygen atoms in total. The molecule has 0 heterocycles. The average molecular weight is 215 g/mol. The van der Waals surface area contributed by atoms with E-state index in [-0.39, 0.29) is 11.8 Å². The van der Waals surface area contributed by atoms with Gasteiger partial charge in [-0.15, -0.1) is 0 Å². The molecule has 0 aliphatic carbocycles. The smallest absolute Gasteiger partial charge is 0.319 e. The highest BCUT2D eigenvalue weighted by Crippen LogP contribution is 2.25. The van der Waals surface area contributed by atoms with Gasteiger partial charge in [-0.3, -0.25) is 0 Å². The zero-order valence-electron chi connectivity index (χ0n) is 7.67. The number of carbonyl (C=O) groups excluding carboxylic acids is 1. The number of benzene rings is 1. The van der Waals surface area contributed by atoms with Crippen molar-refractivity contribution in [3.63, 3.8) is 0 Å². The lowest BCUT2D eigenvalue weighted by molar-refractivity contribution is 0.252. The van der Waals surface area contributed by atoms with E-state index in [4.69, 9.17) is 16.7 Å². The van der Waals surface area contributed by atoms with Crippen molar-refractivity contribution in [3.05, 3.63) is 23.2 Å². The van der Waals surface area contributed by atoms with Gasteiger partial charge in [0.15, 0.2) is 0 Å². The molecule has 0 aliphatic rings. The number of nitrogens with one attached hydrogen (secondary N) is 2. The fourth-order valence-electron chi connectivity index (χ4n) is 0.932. The quantitative estimate of drug-likeness (QED) is 0.661. The molecule has 2 amide bonds. The molecule has 1 rings (SSSR count). The number of phenolic OH excluding ortho intramolecular Hbond substituents is 1. The molecule has 0 saturated heterocycles. The largest absolute Gasteiger partial charge is 0.508 e. The summed E-state index contributed by atoms with van der Waals surface area (Å²) in [7, 11) is 0. The van der Waals surface area contributed by atoms with Crippen molar-refractivity contribution >= 4 is 23.3 Å². The highest BCUT2D eigenvalue weighted by Gasteiger charge is 2.04. The molecule has 0 bridgehead atoms. The summed E-state index contributed by atoms with van der Waals surface area (Å²) in [5.74, 6) is 0.0662. The van der Waals surface area contributed by atoms with Crippen molar-refractivity contribution in [3.8, 4) is 5.75 Å². The molecule has 0 atom stereocenters. The lowest BCUT2D eigenvalue weighted by Crippen LogP contribution is -2.28. The van der Waals surface area contributed by atoms with Gasteiger partial charge in [-0.1, -0.05) is 11.6 Å². The van der Waals surface area contributed by atoms with Gasteiger partial charge in [0.2, 0.25) is 0 Å². The molecule has 0 aliphatic heterocycles. The SMILES string of the molecule is CCNC(=O)Nc1ccc(O)cc1Cl. The van der Waals surface area contributed by atoms with Gasteiger partial charge in [-0.25, -0.2) is 4.79 Å². The number of amides is 2. The summed E-state index contributed by atoms with van der Waals surface area (Å²) in [5.41, 5.74) is 0.468. The number of phenols is 1. The van der Waals surface area contributed by atoms with Crippen LogP contribution in [0.15, 0.2) is 18.2 Å². The minimum Gasteiger partial charge on any atom is -0.508 e. The molecular weight excluding hydrogens is 204 g/mol. The van der Waals surface area contributed by atoms with Gasteiger partial charge >= 0.3 is 6.03 Å². The predicted molar refractivity (Wildman–Crippen MR) is 55.8 cm³/mol. The van der Waals surface area contributed by atoms with Crippen LogP contribution >= 0.6 is 11.6 Å². The monoisotopic (exact) mass is 214 g/mol. The lowest BCUT2D eigenvalue weighted by Gasteiger charge is -2.07. The number of carbonyl (C=O) groups is 1. The van der Waals surface area contributed by atoms with E-state index >= 15 is 0 Å². The molecule has 0 saturated carbocycles. The number of hydrogen-bond acceptors (Lipinski definition) is 2. The maximum atomic E-state index is 11.1. The van der Waals surface area contributed by atoms with Crippen LogP contribution in [-0.2, 0) is 0 Å². The van der Waals surface area contributed by atoms with Gasteiger partial charge in [-0.05, 0) is 19.1 Å². The fraction of sp³-hybridized carbons (Fsp3) is 0.222. The zero-order chi connectivity index (χ0) is 10.6. The van der Waals surface area contributed by atoms with E-state index in [0.717, 1.165) is 0 Å². The van der Waals surface area contributed by atoms with Gasteiger partial charge in [-0.2, -0.15) is 0 Å². The first-order valence-corrected chi connectivity index (χ1v) is 4.54. The van der Waals surface area contributed by atoms with Crippen molar-refractivity contribution in [2.75, 3.05) is 11.9 Å². The third kappa shape index (κ3) is 2.81. The van der Waals surface area contributed by atoms with Crippen molar-refractivity contribution in [2.45, 2.75) is 6.92 Å². The van der Waals surface area contributed by atoms with Gasteiger partial charge in [0.1, 0.15) is 5.75 Å². The first-order valence-electron chi connectivity index (χ1n) is 4.17. The van der Waals surface area contributed by atoms with Crippen LogP contribution in [0, 0.1) is 0 Å². The molecular formula is C9H11ClN2O2. The summed E-state index contributed by atoms with van der Waals surface area (Å²) in [4.78, 5) is 11.1. The molecule has 0 unspecified atom stereocenters. The molecule has 5 heteroatoms. The summed E-state index contributed by atoms with van der Waals surface area (Å²) in [5, 5.41) is 14.5. The van der Waals surface area contributed by atoms with Crippen LogP contribution in [0.1, 0.15) is 6.92 Å². The Morgan fingerprint density at radius 3 is 2.86 bits per heavy atom. The molecule has 0 fully saturated rings. The molecule has 14 heavy (non-hydrogen) atoms. The maximum absolute atomic E-state index is 11.1. The molecule has 0 spiro atoms. The average Bonchev–Trinajstić information content (AvgIpc) is 2.10. The van der Waals surface area contributed by atoms with E-state index in [9.17, 15) is 4.79 Å². The lowest BCUT2D eigenvalue weighted by atomic mass is 10.3. The Balaban J connectivity index is 2.72. The summed E-state index contributed by atoms with van der Waals surface area (Å²) >= 11 is 5.77. The topological polar surface area (TPSA) is 61.4 Å². The third-order valence-corrected chi connectivity index (χ3v) is 1.85. The fourth-order valence-corrected chi connectivity index (χ4v) is 1.15. The van der Waals surface area contributed by atoms with E-state index in [1.807, 2.05) is 6.92 Å². The third-order valence-electron chi connectivity index (χ3n) is 1.54. The van der Waals surface area contributed by atoms with Gasteiger partial charge < -0.3 is 15.7 Å². The normalized spacial score (nSPS) is 9.57. The van der Waals surface area contributed by atoms with E-state index in [1.165, 1.54) is 18.2 Å². The minimum atomic E-state index is -0.319. The second kappa shape index (κ2) is 4.72. The van der Waals surface area contributed by atoms with Crippen LogP contribution in [0.25, 0.3) is 0 Å². The maximum Gasteiger partial charge on any atom is 0.319 e. The second-order valence-electron chi connectivity index (χ2n) is 2.65. The number of rotatable bonds is 2. The first-order chi connectivity index (χ1) is 6.63. The van der Waals surface area contributed by atoms with E-state index in [2.05, 4.69) is 10.6 Å². The number of halogens is 1. The van der Waals surface area contributed by atoms with E-state index < -0.39 is 0 Å². The minimum absolute atomic E-state index is 0.0662. The summed E-state index contributed by atoms with van der Waals surface area (Å²) in [6.07, 6.45) is 0. The van der Waals surface area contributed by atoms with Crippen LogP contribution in [-0.4, -0.2) is 17.7 Å². The second-order valence-corrected chi connectivity index (χ2v) is 3.06. The summed E-state index contributed by atoms with van der Waals surface area (Å²) in [6.45, 7) is 2.36. The van der Waals surface area contributed by atoms with Crippen molar-refractivity contribution in [1.82, 2.24) is 5.32 Å². The van der Waals surface area contributed by atoms with Crippen LogP contribution in [0.3, 0.4) is 0 Å². The van der Waals surface area contributed by atoms with Crippen molar-refractivity contribution in [2.24, 2.45) is 0 Å². The predicted octanol–water partition coefficient (Wildman–Crippen LogP) is 2.19. The van der Waals surface area contributed by atoms with Crippen LogP contribution in [0.5, 0.6) is 5.75 Å². The van der Waals surface area contributed by atoms with E-state index in [0.29, 0.717) is 17.3 Å². The van der Waals surface area contributed by atoms with Gasteiger partial charge in [0.05, 0.1) is 10.7 Å².